The minimum absolute atomic E-state index is 0.136. The van der Waals surface area contributed by atoms with Gasteiger partial charge < -0.3 is 34.0 Å². The number of carbonyl (C=O) groups excluding carboxylic acids is 2. The molecular formula is C44H74NO12P. The van der Waals surface area contributed by atoms with Gasteiger partial charge in [-0.25, -0.2) is 4.57 Å². The average molecular weight is 840 g/mol. The van der Waals surface area contributed by atoms with Gasteiger partial charge in [0, 0.05) is 38.5 Å². The van der Waals surface area contributed by atoms with Gasteiger partial charge in [0.05, 0.1) is 13.2 Å². The molecule has 332 valence electrons. The fraction of sp³-hybridized carbons (Fsp3) is 0.750. The summed E-state index contributed by atoms with van der Waals surface area (Å²) in [5.74, 6) is 1.96. The topological polar surface area (TPSA) is 198 Å². The number of carboxylic acid groups (broad SMARTS) is 1. The number of aryl methyl sites for hydroxylation is 6. The summed E-state index contributed by atoms with van der Waals surface area (Å²) in [5.41, 5.74) is 7.83. The number of hydrogen-bond donors (Lipinski definition) is 3. The molecule has 0 saturated heterocycles. The molecule has 0 amide bonds. The van der Waals surface area contributed by atoms with E-state index in [2.05, 4.69) is 44.4 Å². The maximum Gasteiger partial charge on any atom is 0.472 e. The molecule has 4 N–H and O–H groups in total. The Morgan fingerprint density at radius 1 is 0.638 bits per heavy atom. The Kier molecular flexibility index (Phi) is 26.6. The molecule has 0 bridgehead atoms. The van der Waals surface area contributed by atoms with Crippen LogP contribution in [0.3, 0.4) is 0 Å². The second-order valence-corrected chi connectivity index (χ2v) is 17.0. The maximum absolute atomic E-state index is 12.7. The molecule has 2 aromatic rings. The van der Waals surface area contributed by atoms with Crippen molar-refractivity contribution in [1.29, 1.82) is 0 Å². The molecule has 0 radical (unpaired) electrons. The zero-order valence-corrected chi connectivity index (χ0v) is 36.8. The zero-order chi connectivity index (χ0) is 42.6. The van der Waals surface area contributed by atoms with Crippen LogP contribution in [-0.2, 0) is 63.2 Å². The van der Waals surface area contributed by atoms with Crippen molar-refractivity contribution in [3.63, 3.8) is 0 Å². The summed E-state index contributed by atoms with van der Waals surface area (Å²) in [5, 5.41) is 8.91. The number of aliphatic carboxylic acids is 1. The number of hydrogen-bond acceptors (Lipinski definition) is 11. The van der Waals surface area contributed by atoms with Gasteiger partial charge in [0.2, 0.25) is 0 Å². The molecule has 0 aromatic carbocycles. The van der Waals surface area contributed by atoms with E-state index in [9.17, 15) is 23.8 Å². The highest BCUT2D eigenvalue weighted by Gasteiger charge is 2.28. The molecule has 14 heteroatoms. The number of nitrogens with two attached hydrogens (primary N) is 1. The second-order valence-electron chi connectivity index (χ2n) is 15.6. The molecule has 0 aliphatic heterocycles. The van der Waals surface area contributed by atoms with Crippen molar-refractivity contribution in [3.8, 4) is 0 Å². The van der Waals surface area contributed by atoms with Crippen LogP contribution >= 0.6 is 7.82 Å². The van der Waals surface area contributed by atoms with E-state index >= 15 is 0 Å². The molecule has 2 heterocycles. The van der Waals surface area contributed by atoms with Crippen molar-refractivity contribution in [1.82, 2.24) is 0 Å². The summed E-state index contributed by atoms with van der Waals surface area (Å²) in [7, 11) is -4.73. The third-order valence-electron chi connectivity index (χ3n) is 10.1. The van der Waals surface area contributed by atoms with Crippen LogP contribution in [0, 0.1) is 13.8 Å². The highest BCUT2D eigenvalue weighted by Crippen LogP contribution is 2.43. The Morgan fingerprint density at radius 3 is 1.50 bits per heavy atom. The Hall–Kier alpha value is -2.96. The first-order valence-corrected chi connectivity index (χ1v) is 23.4. The molecule has 3 atom stereocenters. The Balaban J connectivity index is 1.63. The van der Waals surface area contributed by atoms with E-state index in [1.165, 1.54) is 11.1 Å². The normalized spacial score (nSPS) is 13.6. The first-order valence-electron chi connectivity index (χ1n) is 21.9. The highest BCUT2D eigenvalue weighted by atomic mass is 31.2. The number of rotatable bonds is 36. The van der Waals surface area contributed by atoms with Gasteiger partial charge in [-0.15, -0.1) is 0 Å². The number of phosphoric ester groups is 1. The molecular weight excluding hydrogens is 765 g/mol. The number of esters is 2. The van der Waals surface area contributed by atoms with Gasteiger partial charge in [0.1, 0.15) is 35.7 Å². The lowest BCUT2D eigenvalue weighted by atomic mass is 10.1. The van der Waals surface area contributed by atoms with E-state index in [1.807, 2.05) is 0 Å². The smallest absolute Gasteiger partial charge is 0.472 e. The lowest BCUT2D eigenvalue weighted by molar-refractivity contribution is -0.161. The fourth-order valence-corrected chi connectivity index (χ4v) is 7.50. The Labute approximate surface area is 347 Å². The third kappa shape index (κ3) is 23.6. The highest BCUT2D eigenvalue weighted by molar-refractivity contribution is 7.47. The lowest BCUT2D eigenvalue weighted by Crippen LogP contribution is -2.34. The van der Waals surface area contributed by atoms with Gasteiger partial charge >= 0.3 is 25.7 Å². The molecule has 0 fully saturated rings. The number of unbranched alkanes of at least 4 members (excludes halogenated alkanes) is 14. The molecule has 0 aliphatic carbocycles. The van der Waals surface area contributed by atoms with Crippen LogP contribution in [-0.4, -0.2) is 59.9 Å². The summed E-state index contributed by atoms with van der Waals surface area (Å²) in [6.45, 7) is 6.81. The van der Waals surface area contributed by atoms with Crippen molar-refractivity contribution >= 4 is 25.7 Å². The van der Waals surface area contributed by atoms with Gasteiger partial charge in [0.25, 0.3) is 0 Å². The van der Waals surface area contributed by atoms with E-state index in [-0.39, 0.29) is 19.4 Å². The Morgan fingerprint density at radius 2 is 1.05 bits per heavy atom. The summed E-state index contributed by atoms with van der Waals surface area (Å²) < 4.78 is 44.7. The van der Waals surface area contributed by atoms with E-state index in [0.717, 1.165) is 151 Å². The number of ether oxygens (including phenoxy) is 2. The van der Waals surface area contributed by atoms with E-state index in [4.69, 9.17) is 33.7 Å². The van der Waals surface area contributed by atoms with Gasteiger partial charge in [0.15, 0.2) is 6.10 Å². The summed E-state index contributed by atoms with van der Waals surface area (Å²) >= 11 is 0. The van der Waals surface area contributed by atoms with Crippen molar-refractivity contribution in [2.75, 3.05) is 19.8 Å². The van der Waals surface area contributed by atoms with E-state index < -0.39 is 51.1 Å². The van der Waals surface area contributed by atoms with E-state index in [1.54, 1.807) is 0 Å². The minimum Gasteiger partial charge on any atom is -0.480 e. The van der Waals surface area contributed by atoms with Crippen molar-refractivity contribution in [2.24, 2.45) is 5.73 Å². The van der Waals surface area contributed by atoms with Crippen LogP contribution in [0.25, 0.3) is 0 Å². The molecule has 0 spiro atoms. The van der Waals surface area contributed by atoms with Crippen LogP contribution < -0.4 is 5.73 Å². The van der Waals surface area contributed by atoms with Crippen molar-refractivity contribution < 1.29 is 56.3 Å². The quantitative estimate of drug-likeness (QED) is 0.0333. The standard InChI is InChI=1S/C44H74NO12P/c1-5-23-36-29-34(3)40(55-36)25-19-15-11-7-9-13-17-21-27-42(46)52-31-38(32-53-58(50,51)54-33-39(45)44(48)49)57-43(47)28-22-18-14-10-8-12-16-20-26-41-35(4)30-37(56-41)24-6-2/h29-30,38-39H,5-28,31-33,45H2,1-4H3,(H,48,49)(H,50,51). The molecule has 2 rings (SSSR count). The number of phosphoric acid groups is 1. The average Bonchev–Trinajstić information content (AvgIpc) is 3.72. The summed E-state index contributed by atoms with van der Waals surface area (Å²) in [6, 6.07) is 2.78. The molecule has 13 nitrogen and oxygen atoms in total. The third-order valence-corrected chi connectivity index (χ3v) is 11.0. The molecule has 0 aliphatic rings. The summed E-state index contributed by atoms with van der Waals surface area (Å²) in [4.78, 5) is 46.1. The first-order chi connectivity index (χ1) is 27.8. The predicted molar refractivity (Wildman–Crippen MR) is 224 cm³/mol. The largest absolute Gasteiger partial charge is 0.480 e. The molecule has 2 aromatic heterocycles. The van der Waals surface area contributed by atoms with E-state index in [0.29, 0.717) is 12.8 Å². The van der Waals surface area contributed by atoms with Crippen LogP contribution in [0.2, 0.25) is 0 Å². The SMILES string of the molecule is CCCc1cc(C)c(CCCCCCCCCCC(=O)OCC(COP(=O)(O)OCC(N)C(=O)O)OC(=O)CCCCCCCCCCc2oc(CCC)cc2C)o1. The fourth-order valence-electron chi connectivity index (χ4n) is 6.73. The second kappa shape index (κ2) is 30.1. The van der Waals surface area contributed by atoms with Crippen LogP contribution in [0.5, 0.6) is 0 Å². The maximum atomic E-state index is 12.7. The zero-order valence-electron chi connectivity index (χ0n) is 35.9. The number of furan rings is 2. The van der Waals surface area contributed by atoms with Gasteiger partial charge in [-0.3, -0.25) is 23.4 Å². The van der Waals surface area contributed by atoms with Crippen molar-refractivity contribution in [3.05, 3.63) is 46.3 Å². The van der Waals surface area contributed by atoms with Gasteiger partial charge in [-0.05, 0) is 75.6 Å². The number of carbonyl (C=O) groups is 3. The molecule has 58 heavy (non-hydrogen) atoms. The lowest BCUT2D eigenvalue weighted by Gasteiger charge is -2.20. The first kappa shape index (κ1) is 51.2. The number of carboxylic acids is 1. The predicted octanol–water partition coefficient (Wildman–Crippen LogP) is 10.2. The van der Waals surface area contributed by atoms with Crippen molar-refractivity contribution in [2.45, 2.75) is 194 Å². The van der Waals surface area contributed by atoms with Crippen LogP contribution in [0.1, 0.15) is 176 Å². The monoisotopic (exact) mass is 839 g/mol. The van der Waals surface area contributed by atoms with Gasteiger partial charge in [-0.2, -0.15) is 0 Å². The van der Waals surface area contributed by atoms with Crippen LogP contribution in [0.4, 0.5) is 0 Å². The van der Waals surface area contributed by atoms with Gasteiger partial charge in [-0.1, -0.05) is 90.9 Å². The minimum atomic E-state index is -4.73. The molecule has 0 saturated carbocycles. The molecule has 3 unspecified atom stereocenters. The summed E-state index contributed by atoms with van der Waals surface area (Å²) in [6.07, 6.45) is 21.6. The Bertz CT molecular complexity index is 1490. The van der Waals surface area contributed by atoms with Crippen LogP contribution in [0.15, 0.2) is 21.0 Å².